The first-order valence-corrected chi connectivity index (χ1v) is 8.98. The molecule has 2 aromatic carbocycles. The molecule has 2 aromatic heterocycles. The van der Waals surface area contributed by atoms with Gasteiger partial charge in [-0.15, -0.1) is 0 Å². The molecule has 26 heavy (non-hydrogen) atoms. The molecule has 6 heteroatoms. The van der Waals surface area contributed by atoms with Crippen molar-refractivity contribution in [1.29, 1.82) is 0 Å². The van der Waals surface area contributed by atoms with Gasteiger partial charge >= 0.3 is 0 Å². The summed E-state index contributed by atoms with van der Waals surface area (Å²) in [6, 6.07) is 16.6. The number of amides is 1. The summed E-state index contributed by atoms with van der Waals surface area (Å²) in [5.74, 6) is 0.430. The van der Waals surface area contributed by atoms with Gasteiger partial charge in [0, 0.05) is 11.3 Å². The Morgan fingerprint density at radius 2 is 2.00 bits per heavy atom. The first-order chi connectivity index (χ1) is 12.6. The zero-order chi connectivity index (χ0) is 18.1. The van der Waals surface area contributed by atoms with Crippen LogP contribution in [0.2, 0.25) is 0 Å². The average Bonchev–Trinajstić information content (AvgIpc) is 3.27. The highest BCUT2D eigenvalue weighted by atomic mass is 79.9. The zero-order valence-electron chi connectivity index (χ0n) is 14.0. The zero-order valence-corrected chi connectivity index (χ0v) is 15.5. The Bertz CT molecular complexity index is 1100. The maximum Gasteiger partial charge on any atom is 0.291 e. The molecular formula is C20H15BrN2O3. The van der Waals surface area contributed by atoms with Crippen molar-refractivity contribution >= 4 is 38.6 Å². The molecule has 4 rings (SSSR count). The Morgan fingerprint density at radius 1 is 1.12 bits per heavy atom. The maximum absolute atomic E-state index is 12.2. The van der Waals surface area contributed by atoms with Crippen molar-refractivity contribution in [3.8, 4) is 11.5 Å². The van der Waals surface area contributed by atoms with Crippen LogP contribution in [0.3, 0.4) is 0 Å². The van der Waals surface area contributed by atoms with Crippen LogP contribution < -0.4 is 5.32 Å². The Kier molecular flexibility index (Phi) is 4.34. The number of hydrogen-bond donors (Lipinski definition) is 1. The van der Waals surface area contributed by atoms with Gasteiger partial charge in [0.1, 0.15) is 5.52 Å². The third-order valence-corrected chi connectivity index (χ3v) is 4.45. The molecule has 0 bridgehead atoms. The molecule has 0 aliphatic rings. The van der Waals surface area contributed by atoms with E-state index in [0.29, 0.717) is 16.2 Å². The third kappa shape index (κ3) is 3.28. The van der Waals surface area contributed by atoms with Crippen molar-refractivity contribution in [3.05, 3.63) is 70.6 Å². The van der Waals surface area contributed by atoms with Crippen molar-refractivity contribution in [3.63, 3.8) is 0 Å². The number of furan rings is 1. The molecule has 4 aromatic rings. The van der Waals surface area contributed by atoms with Crippen molar-refractivity contribution in [2.45, 2.75) is 13.3 Å². The molecular weight excluding hydrogens is 396 g/mol. The number of nitrogens with zero attached hydrogens (tertiary/aromatic N) is 1. The molecule has 0 aliphatic carbocycles. The number of benzene rings is 2. The van der Waals surface area contributed by atoms with E-state index in [4.69, 9.17) is 8.83 Å². The molecule has 0 aliphatic heterocycles. The van der Waals surface area contributed by atoms with Crippen LogP contribution in [0.25, 0.3) is 22.6 Å². The first kappa shape index (κ1) is 16.6. The number of nitrogens with one attached hydrogen (secondary N) is 1. The van der Waals surface area contributed by atoms with Gasteiger partial charge in [0.15, 0.2) is 16.0 Å². The van der Waals surface area contributed by atoms with Crippen LogP contribution in [0.5, 0.6) is 0 Å². The number of carbonyl (C=O) groups is 1. The van der Waals surface area contributed by atoms with Crippen LogP contribution in [0.1, 0.15) is 23.0 Å². The van der Waals surface area contributed by atoms with Crippen LogP contribution in [0.4, 0.5) is 5.69 Å². The number of rotatable bonds is 4. The van der Waals surface area contributed by atoms with Crippen LogP contribution in [-0.2, 0) is 6.42 Å². The number of carbonyl (C=O) groups excluding carboxylic acids is 1. The number of oxazole rings is 1. The fourth-order valence-corrected chi connectivity index (χ4v) is 2.98. The minimum Gasteiger partial charge on any atom is -0.444 e. The molecule has 1 amide bonds. The second-order valence-corrected chi connectivity index (χ2v) is 6.59. The van der Waals surface area contributed by atoms with Crippen molar-refractivity contribution < 1.29 is 13.6 Å². The number of anilines is 1. The van der Waals surface area contributed by atoms with Gasteiger partial charge in [-0.25, -0.2) is 4.98 Å². The first-order valence-electron chi connectivity index (χ1n) is 8.19. The van der Waals surface area contributed by atoms with E-state index in [0.717, 1.165) is 23.1 Å². The van der Waals surface area contributed by atoms with Gasteiger partial charge < -0.3 is 14.2 Å². The van der Waals surface area contributed by atoms with E-state index in [1.807, 2.05) is 36.4 Å². The van der Waals surface area contributed by atoms with E-state index in [1.54, 1.807) is 18.2 Å². The molecule has 0 fully saturated rings. The van der Waals surface area contributed by atoms with Gasteiger partial charge in [0.2, 0.25) is 5.89 Å². The highest BCUT2D eigenvalue weighted by Gasteiger charge is 2.13. The van der Waals surface area contributed by atoms with E-state index in [9.17, 15) is 4.79 Å². The van der Waals surface area contributed by atoms with Crippen LogP contribution in [-0.4, -0.2) is 10.9 Å². The number of aromatic nitrogens is 1. The summed E-state index contributed by atoms with van der Waals surface area (Å²) >= 11 is 3.19. The quantitative estimate of drug-likeness (QED) is 0.470. The highest BCUT2D eigenvalue weighted by Crippen LogP contribution is 2.27. The predicted molar refractivity (Wildman–Crippen MR) is 103 cm³/mol. The number of hydrogen-bond acceptors (Lipinski definition) is 4. The largest absolute Gasteiger partial charge is 0.444 e. The molecule has 0 radical (unpaired) electrons. The van der Waals surface area contributed by atoms with E-state index >= 15 is 0 Å². The SMILES string of the molecule is CCc1ccc2oc(-c3cccc(NC(=O)c4ccc(Br)o4)c3)nc2c1. The Hall–Kier alpha value is -2.86. The second-order valence-electron chi connectivity index (χ2n) is 5.81. The smallest absolute Gasteiger partial charge is 0.291 e. The monoisotopic (exact) mass is 410 g/mol. The Balaban J connectivity index is 1.62. The van der Waals surface area contributed by atoms with Gasteiger partial charge in [0.05, 0.1) is 0 Å². The molecule has 1 N–H and O–H groups in total. The molecule has 0 saturated carbocycles. The summed E-state index contributed by atoms with van der Waals surface area (Å²) in [6.45, 7) is 2.10. The topological polar surface area (TPSA) is 68.3 Å². The van der Waals surface area contributed by atoms with Gasteiger partial charge in [0.25, 0.3) is 5.91 Å². The number of halogens is 1. The maximum atomic E-state index is 12.2. The molecule has 0 unspecified atom stereocenters. The lowest BCUT2D eigenvalue weighted by molar-refractivity contribution is 0.0995. The lowest BCUT2D eigenvalue weighted by atomic mass is 10.1. The van der Waals surface area contributed by atoms with Gasteiger partial charge in [-0.1, -0.05) is 19.1 Å². The summed E-state index contributed by atoms with van der Waals surface area (Å²) < 4.78 is 11.6. The van der Waals surface area contributed by atoms with Gasteiger partial charge in [-0.05, 0) is 70.4 Å². The fourth-order valence-electron chi connectivity index (χ4n) is 2.68. The van der Waals surface area contributed by atoms with E-state index in [-0.39, 0.29) is 11.7 Å². The Morgan fingerprint density at radius 3 is 2.77 bits per heavy atom. The minimum atomic E-state index is -0.321. The standard InChI is InChI=1S/C20H15BrN2O3/c1-2-12-6-7-16-15(10-12)23-20(26-16)13-4-3-5-14(11-13)22-19(24)17-8-9-18(21)25-17/h3-11H,2H2,1H3,(H,22,24). The van der Waals surface area contributed by atoms with E-state index in [1.165, 1.54) is 5.56 Å². The van der Waals surface area contributed by atoms with Crippen LogP contribution in [0.15, 0.2) is 68.1 Å². The lowest BCUT2D eigenvalue weighted by Crippen LogP contribution is -2.10. The molecule has 0 saturated heterocycles. The molecule has 0 spiro atoms. The average molecular weight is 411 g/mol. The van der Waals surface area contributed by atoms with E-state index < -0.39 is 0 Å². The fraction of sp³-hybridized carbons (Fsp3) is 0.100. The van der Waals surface area contributed by atoms with Crippen LogP contribution in [0, 0.1) is 0 Å². The normalized spacial score (nSPS) is 11.0. The number of aryl methyl sites for hydroxylation is 1. The predicted octanol–water partition coefficient (Wildman–Crippen LogP) is 5.67. The van der Waals surface area contributed by atoms with Crippen molar-refractivity contribution in [2.24, 2.45) is 0 Å². The summed E-state index contributed by atoms with van der Waals surface area (Å²) in [5.41, 5.74) is 4.21. The number of fused-ring (bicyclic) bond motifs is 1. The highest BCUT2D eigenvalue weighted by molar-refractivity contribution is 9.10. The van der Waals surface area contributed by atoms with Crippen LogP contribution >= 0.6 is 15.9 Å². The molecule has 0 atom stereocenters. The molecule has 130 valence electrons. The summed E-state index contributed by atoms with van der Waals surface area (Å²) in [4.78, 5) is 16.8. The van der Waals surface area contributed by atoms with Gasteiger partial charge in [-0.3, -0.25) is 4.79 Å². The second kappa shape index (κ2) is 6.80. The summed E-state index contributed by atoms with van der Waals surface area (Å²) in [7, 11) is 0. The summed E-state index contributed by atoms with van der Waals surface area (Å²) in [6.07, 6.45) is 0.947. The minimum absolute atomic E-state index is 0.233. The lowest BCUT2D eigenvalue weighted by Gasteiger charge is -2.04. The van der Waals surface area contributed by atoms with Crippen molar-refractivity contribution in [2.75, 3.05) is 5.32 Å². The van der Waals surface area contributed by atoms with E-state index in [2.05, 4.69) is 33.2 Å². The molecule has 2 heterocycles. The third-order valence-electron chi connectivity index (χ3n) is 4.02. The molecule has 5 nitrogen and oxygen atoms in total. The summed E-state index contributed by atoms with van der Waals surface area (Å²) in [5, 5.41) is 2.81. The van der Waals surface area contributed by atoms with Gasteiger partial charge in [-0.2, -0.15) is 0 Å². The van der Waals surface area contributed by atoms with Crippen molar-refractivity contribution in [1.82, 2.24) is 4.98 Å². The Labute approximate surface area is 158 Å².